The molecule has 0 amide bonds. The molecule has 0 aliphatic carbocycles. The molecular formula is C10H19NO. The SMILES string of the molecule is CCC1(C(=O)C(C)C)CCNC1. The zero-order valence-electron chi connectivity index (χ0n) is 8.31. The second-order valence-electron chi connectivity index (χ2n) is 4.08. The van der Waals surface area contributed by atoms with Gasteiger partial charge in [-0.05, 0) is 19.4 Å². The van der Waals surface area contributed by atoms with Crippen LogP contribution < -0.4 is 5.32 Å². The van der Waals surface area contributed by atoms with Crippen molar-refractivity contribution in [3.05, 3.63) is 0 Å². The van der Waals surface area contributed by atoms with E-state index in [1.807, 2.05) is 13.8 Å². The van der Waals surface area contributed by atoms with Crippen LogP contribution in [0.3, 0.4) is 0 Å². The Balaban J connectivity index is 2.72. The molecule has 1 rings (SSSR count). The van der Waals surface area contributed by atoms with Crippen LogP contribution in [0.4, 0.5) is 0 Å². The van der Waals surface area contributed by atoms with Gasteiger partial charge in [0.25, 0.3) is 0 Å². The molecule has 1 unspecified atom stereocenters. The summed E-state index contributed by atoms with van der Waals surface area (Å²) in [5, 5.41) is 3.28. The summed E-state index contributed by atoms with van der Waals surface area (Å²) in [5.41, 5.74) is -0.0336. The average Bonchev–Trinajstić information content (AvgIpc) is 2.52. The summed E-state index contributed by atoms with van der Waals surface area (Å²) in [6.45, 7) is 8.01. The van der Waals surface area contributed by atoms with Gasteiger partial charge in [-0.25, -0.2) is 0 Å². The van der Waals surface area contributed by atoms with Crippen LogP contribution in [-0.2, 0) is 4.79 Å². The molecule has 0 bridgehead atoms. The van der Waals surface area contributed by atoms with Gasteiger partial charge >= 0.3 is 0 Å². The van der Waals surface area contributed by atoms with E-state index in [4.69, 9.17) is 0 Å². The van der Waals surface area contributed by atoms with Crippen LogP contribution in [0.5, 0.6) is 0 Å². The van der Waals surface area contributed by atoms with Gasteiger partial charge in [0.2, 0.25) is 0 Å². The molecule has 2 heteroatoms. The first-order chi connectivity index (χ1) is 5.62. The van der Waals surface area contributed by atoms with Crippen LogP contribution >= 0.6 is 0 Å². The number of Topliss-reactive ketones (excluding diaryl/α,β-unsaturated/α-hetero) is 1. The van der Waals surface area contributed by atoms with Gasteiger partial charge in [0.05, 0.1) is 0 Å². The summed E-state index contributed by atoms with van der Waals surface area (Å²) in [7, 11) is 0. The Hall–Kier alpha value is -0.370. The first kappa shape index (κ1) is 9.72. The van der Waals surface area contributed by atoms with E-state index in [1.165, 1.54) is 0 Å². The molecule has 2 nitrogen and oxygen atoms in total. The summed E-state index contributed by atoms with van der Waals surface area (Å²) in [5.74, 6) is 0.625. The maximum Gasteiger partial charge on any atom is 0.142 e. The second-order valence-corrected chi connectivity index (χ2v) is 4.08. The van der Waals surface area contributed by atoms with Crippen LogP contribution in [0.15, 0.2) is 0 Å². The molecular weight excluding hydrogens is 150 g/mol. The molecule has 1 fully saturated rings. The number of carbonyl (C=O) groups is 1. The van der Waals surface area contributed by atoms with E-state index in [9.17, 15) is 4.79 Å². The van der Waals surface area contributed by atoms with Gasteiger partial charge in [0.15, 0.2) is 0 Å². The number of nitrogens with one attached hydrogen (secondary N) is 1. The molecule has 0 saturated carbocycles. The van der Waals surface area contributed by atoms with Crippen LogP contribution in [-0.4, -0.2) is 18.9 Å². The quantitative estimate of drug-likeness (QED) is 0.695. The van der Waals surface area contributed by atoms with Crippen molar-refractivity contribution in [1.82, 2.24) is 5.32 Å². The van der Waals surface area contributed by atoms with E-state index in [0.717, 1.165) is 25.9 Å². The second kappa shape index (κ2) is 3.56. The molecule has 1 atom stereocenters. The molecule has 0 spiro atoms. The third kappa shape index (κ3) is 1.53. The Bertz CT molecular complexity index is 169. The number of hydrogen-bond acceptors (Lipinski definition) is 2. The Kier molecular flexibility index (Phi) is 2.89. The van der Waals surface area contributed by atoms with Crippen molar-refractivity contribution in [3.8, 4) is 0 Å². The lowest BCUT2D eigenvalue weighted by Crippen LogP contribution is -2.35. The average molecular weight is 169 g/mol. The van der Waals surface area contributed by atoms with Gasteiger partial charge in [-0.1, -0.05) is 20.8 Å². The van der Waals surface area contributed by atoms with Crippen molar-refractivity contribution >= 4 is 5.78 Å². The van der Waals surface area contributed by atoms with E-state index >= 15 is 0 Å². The maximum atomic E-state index is 11.9. The summed E-state index contributed by atoms with van der Waals surface area (Å²) in [4.78, 5) is 11.9. The van der Waals surface area contributed by atoms with Gasteiger partial charge in [0.1, 0.15) is 5.78 Å². The van der Waals surface area contributed by atoms with Gasteiger partial charge in [0, 0.05) is 17.9 Å². The van der Waals surface area contributed by atoms with Crippen LogP contribution in [0, 0.1) is 11.3 Å². The molecule has 1 heterocycles. The normalized spacial score (nSPS) is 29.7. The van der Waals surface area contributed by atoms with Crippen molar-refractivity contribution in [1.29, 1.82) is 0 Å². The number of hydrogen-bond donors (Lipinski definition) is 1. The summed E-state index contributed by atoms with van der Waals surface area (Å²) in [6, 6.07) is 0. The predicted molar refractivity (Wildman–Crippen MR) is 50.1 cm³/mol. The molecule has 1 N–H and O–H groups in total. The Morgan fingerprint density at radius 3 is 2.58 bits per heavy atom. The van der Waals surface area contributed by atoms with E-state index in [1.54, 1.807) is 0 Å². The third-order valence-electron chi connectivity index (χ3n) is 2.97. The van der Waals surface area contributed by atoms with Crippen molar-refractivity contribution in [3.63, 3.8) is 0 Å². The Morgan fingerprint density at radius 2 is 2.25 bits per heavy atom. The van der Waals surface area contributed by atoms with E-state index in [-0.39, 0.29) is 11.3 Å². The van der Waals surface area contributed by atoms with E-state index in [2.05, 4.69) is 12.2 Å². The standard InChI is InChI=1S/C10H19NO/c1-4-10(5-6-11-7-10)9(12)8(2)3/h8,11H,4-7H2,1-3H3. The Morgan fingerprint density at radius 1 is 1.58 bits per heavy atom. The van der Waals surface area contributed by atoms with Crippen molar-refractivity contribution < 1.29 is 4.79 Å². The lowest BCUT2D eigenvalue weighted by atomic mass is 9.76. The number of carbonyl (C=O) groups excluding carboxylic acids is 1. The van der Waals surface area contributed by atoms with Crippen LogP contribution in [0.25, 0.3) is 0 Å². The summed E-state index contributed by atoms with van der Waals surface area (Å²) < 4.78 is 0. The highest BCUT2D eigenvalue weighted by molar-refractivity contribution is 5.87. The van der Waals surface area contributed by atoms with Crippen LogP contribution in [0.1, 0.15) is 33.6 Å². The van der Waals surface area contributed by atoms with Crippen molar-refractivity contribution in [2.24, 2.45) is 11.3 Å². The summed E-state index contributed by atoms with van der Waals surface area (Å²) >= 11 is 0. The minimum atomic E-state index is -0.0336. The zero-order valence-corrected chi connectivity index (χ0v) is 8.31. The molecule has 1 aliphatic rings. The maximum absolute atomic E-state index is 11.9. The zero-order chi connectivity index (χ0) is 9.19. The Labute approximate surface area is 74.7 Å². The molecule has 12 heavy (non-hydrogen) atoms. The minimum Gasteiger partial charge on any atom is -0.316 e. The molecule has 1 aliphatic heterocycles. The highest BCUT2D eigenvalue weighted by Crippen LogP contribution is 2.32. The fourth-order valence-electron chi connectivity index (χ4n) is 2.04. The van der Waals surface area contributed by atoms with E-state index in [0.29, 0.717) is 5.78 Å². The molecule has 70 valence electrons. The smallest absolute Gasteiger partial charge is 0.142 e. The number of ketones is 1. The van der Waals surface area contributed by atoms with Gasteiger partial charge in [-0.2, -0.15) is 0 Å². The van der Waals surface area contributed by atoms with Crippen molar-refractivity contribution in [2.75, 3.05) is 13.1 Å². The van der Waals surface area contributed by atoms with Gasteiger partial charge in [-0.15, -0.1) is 0 Å². The first-order valence-corrected chi connectivity index (χ1v) is 4.87. The van der Waals surface area contributed by atoms with E-state index < -0.39 is 0 Å². The van der Waals surface area contributed by atoms with Gasteiger partial charge in [-0.3, -0.25) is 4.79 Å². The lowest BCUT2D eigenvalue weighted by Gasteiger charge is -2.26. The number of rotatable bonds is 3. The van der Waals surface area contributed by atoms with Gasteiger partial charge < -0.3 is 5.32 Å². The van der Waals surface area contributed by atoms with Crippen LogP contribution in [0.2, 0.25) is 0 Å². The third-order valence-corrected chi connectivity index (χ3v) is 2.97. The molecule has 0 aromatic rings. The fraction of sp³-hybridized carbons (Fsp3) is 0.900. The topological polar surface area (TPSA) is 29.1 Å². The molecule has 0 aromatic carbocycles. The highest BCUT2D eigenvalue weighted by atomic mass is 16.1. The fourth-order valence-corrected chi connectivity index (χ4v) is 2.04. The lowest BCUT2D eigenvalue weighted by molar-refractivity contribution is -0.131. The minimum absolute atomic E-state index is 0.0336. The molecule has 0 radical (unpaired) electrons. The van der Waals surface area contributed by atoms with Crippen molar-refractivity contribution in [2.45, 2.75) is 33.6 Å². The highest BCUT2D eigenvalue weighted by Gasteiger charge is 2.39. The predicted octanol–water partition coefficient (Wildman–Crippen LogP) is 1.60. The largest absolute Gasteiger partial charge is 0.316 e. The first-order valence-electron chi connectivity index (χ1n) is 4.87. The molecule has 1 saturated heterocycles. The summed E-state index contributed by atoms with van der Waals surface area (Å²) in [6.07, 6.45) is 2.01. The monoisotopic (exact) mass is 169 g/mol. The molecule has 0 aromatic heterocycles.